The van der Waals surface area contributed by atoms with Crippen LogP contribution in [-0.4, -0.2) is 50.6 Å². The van der Waals surface area contributed by atoms with Crippen molar-refractivity contribution in [2.75, 3.05) is 33.0 Å². The second kappa shape index (κ2) is 9.38. The third-order valence-corrected chi connectivity index (χ3v) is 3.40. The molecule has 0 aromatic rings. The summed E-state index contributed by atoms with van der Waals surface area (Å²) in [6, 6.07) is 0.453. The Bertz CT molecular complexity index is 305. The third kappa shape index (κ3) is 7.79. The maximum Gasteiger partial charge on any atom is 0.326 e. The molecule has 124 valence electrons. The second-order valence-electron chi connectivity index (χ2n) is 6.30. The highest BCUT2D eigenvalue weighted by Crippen LogP contribution is 2.25. The van der Waals surface area contributed by atoms with Crippen LogP contribution in [0.1, 0.15) is 47.0 Å². The van der Waals surface area contributed by atoms with Crippen LogP contribution in [0.4, 0.5) is 0 Å². The van der Waals surface area contributed by atoms with E-state index in [1.807, 2.05) is 13.8 Å². The first-order valence-corrected chi connectivity index (χ1v) is 8.08. The summed E-state index contributed by atoms with van der Waals surface area (Å²) in [5.41, 5.74) is -0.643. The summed E-state index contributed by atoms with van der Waals surface area (Å²) in [6.45, 7) is 10.8. The standard InChI is InChI=1S/C16H31NO4/c1-5-21-15(18)16(4,17-14-6-7-14)8-9-19-10-11-20-12-13(2)3/h13-14,17H,5-12H2,1-4H3. The first-order chi connectivity index (χ1) is 9.98. The molecule has 1 saturated carbocycles. The van der Waals surface area contributed by atoms with Crippen molar-refractivity contribution in [1.82, 2.24) is 5.32 Å². The van der Waals surface area contributed by atoms with Crippen LogP contribution in [0.3, 0.4) is 0 Å². The molecule has 5 nitrogen and oxygen atoms in total. The molecule has 21 heavy (non-hydrogen) atoms. The fourth-order valence-corrected chi connectivity index (χ4v) is 2.02. The molecule has 0 saturated heterocycles. The van der Waals surface area contributed by atoms with Crippen LogP contribution >= 0.6 is 0 Å². The zero-order valence-corrected chi connectivity index (χ0v) is 13.9. The van der Waals surface area contributed by atoms with E-state index < -0.39 is 5.54 Å². The van der Waals surface area contributed by atoms with E-state index >= 15 is 0 Å². The summed E-state index contributed by atoms with van der Waals surface area (Å²) >= 11 is 0. The first kappa shape index (κ1) is 18.4. The highest BCUT2D eigenvalue weighted by atomic mass is 16.5. The van der Waals surface area contributed by atoms with Gasteiger partial charge in [-0.05, 0) is 39.0 Å². The zero-order chi connectivity index (χ0) is 15.7. The monoisotopic (exact) mass is 301 g/mol. The van der Waals surface area contributed by atoms with E-state index in [1.54, 1.807) is 0 Å². The maximum atomic E-state index is 12.1. The van der Waals surface area contributed by atoms with Gasteiger partial charge in [-0.1, -0.05) is 13.8 Å². The largest absolute Gasteiger partial charge is 0.465 e. The molecule has 0 aromatic heterocycles. The molecule has 1 unspecified atom stereocenters. The van der Waals surface area contributed by atoms with E-state index in [9.17, 15) is 4.79 Å². The summed E-state index contributed by atoms with van der Waals surface area (Å²) in [6.07, 6.45) is 2.89. The number of hydrogen-bond donors (Lipinski definition) is 1. The molecule has 1 fully saturated rings. The van der Waals surface area contributed by atoms with Crippen LogP contribution in [-0.2, 0) is 19.0 Å². The molecule has 0 bridgehead atoms. The molecule has 1 aliphatic carbocycles. The lowest BCUT2D eigenvalue weighted by atomic mass is 9.98. The topological polar surface area (TPSA) is 56.8 Å². The van der Waals surface area contributed by atoms with Gasteiger partial charge in [-0.15, -0.1) is 0 Å². The van der Waals surface area contributed by atoms with Gasteiger partial charge in [-0.3, -0.25) is 10.1 Å². The minimum Gasteiger partial charge on any atom is -0.465 e. The van der Waals surface area contributed by atoms with Gasteiger partial charge in [-0.25, -0.2) is 0 Å². The van der Waals surface area contributed by atoms with Crippen LogP contribution in [0.5, 0.6) is 0 Å². The lowest BCUT2D eigenvalue weighted by molar-refractivity contribution is -0.151. The normalized spacial score (nSPS) is 17.8. The van der Waals surface area contributed by atoms with Gasteiger partial charge in [-0.2, -0.15) is 0 Å². The SMILES string of the molecule is CCOC(=O)C(C)(CCOCCOCC(C)C)NC1CC1. The highest BCUT2D eigenvalue weighted by molar-refractivity contribution is 5.80. The minimum atomic E-state index is -0.643. The Kier molecular flexibility index (Phi) is 8.22. The lowest BCUT2D eigenvalue weighted by Crippen LogP contribution is -2.52. The lowest BCUT2D eigenvalue weighted by Gasteiger charge is -2.28. The molecule has 0 amide bonds. The third-order valence-electron chi connectivity index (χ3n) is 3.40. The van der Waals surface area contributed by atoms with Crippen LogP contribution in [0.2, 0.25) is 0 Å². The molecule has 1 rings (SSSR count). The molecule has 1 atom stereocenters. The second-order valence-corrected chi connectivity index (χ2v) is 6.30. The molecular formula is C16H31NO4. The number of ether oxygens (including phenoxy) is 3. The van der Waals surface area contributed by atoms with Crippen molar-refractivity contribution in [2.45, 2.75) is 58.5 Å². The predicted molar refractivity (Wildman–Crippen MR) is 82.3 cm³/mol. The smallest absolute Gasteiger partial charge is 0.326 e. The van der Waals surface area contributed by atoms with E-state index in [0.717, 1.165) is 19.4 Å². The molecule has 1 N–H and O–H groups in total. The van der Waals surface area contributed by atoms with Crippen molar-refractivity contribution >= 4 is 5.97 Å². The number of hydrogen-bond acceptors (Lipinski definition) is 5. The number of carbonyl (C=O) groups is 1. The van der Waals surface area contributed by atoms with Crippen LogP contribution in [0, 0.1) is 5.92 Å². The molecule has 0 aromatic carbocycles. The van der Waals surface area contributed by atoms with Crippen molar-refractivity contribution in [2.24, 2.45) is 5.92 Å². The number of nitrogens with one attached hydrogen (secondary N) is 1. The zero-order valence-electron chi connectivity index (χ0n) is 13.9. The van der Waals surface area contributed by atoms with Gasteiger partial charge < -0.3 is 14.2 Å². The van der Waals surface area contributed by atoms with Gasteiger partial charge in [0.1, 0.15) is 5.54 Å². The first-order valence-electron chi connectivity index (χ1n) is 8.08. The van der Waals surface area contributed by atoms with E-state index in [1.165, 1.54) is 0 Å². The van der Waals surface area contributed by atoms with E-state index in [4.69, 9.17) is 14.2 Å². The average molecular weight is 301 g/mol. The van der Waals surface area contributed by atoms with Crippen LogP contribution < -0.4 is 5.32 Å². The van der Waals surface area contributed by atoms with Gasteiger partial charge in [0.15, 0.2) is 0 Å². The quantitative estimate of drug-likeness (QED) is 0.442. The molecule has 1 aliphatic rings. The van der Waals surface area contributed by atoms with Crippen molar-refractivity contribution in [1.29, 1.82) is 0 Å². The Morgan fingerprint density at radius 3 is 2.48 bits per heavy atom. The van der Waals surface area contributed by atoms with E-state index in [2.05, 4.69) is 19.2 Å². The fourth-order valence-electron chi connectivity index (χ4n) is 2.02. The molecule has 0 spiro atoms. The van der Waals surface area contributed by atoms with Crippen LogP contribution in [0.15, 0.2) is 0 Å². The summed E-state index contributed by atoms with van der Waals surface area (Å²) in [7, 11) is 0. The molecule has 0 radical (unpaired) electrons. The van der Waals surface area contributed by atoms with Crippen molar-refractivity contribution in [3.63, 3.8) is 0 Å². The molecule has 0 aliphatic heterocycles. The average Bonchev–Trinajstić information content (AvgIpc) is 3.21. The van der Waals surface area contributed by atoms with Gasteiger partial charge >= 0.3 is 5.97 Å². The molecule has 5 heteroatoms. The van der Waals surface area contributed by atoms with Crippen molar-refractivity contribution in [3.05, 3.63) is 0 Å². The van der Waals surface area contributed by atoms with Crippen molar-refractivity contribution < 1.29 is 19.0 Å². The van der Waals surface area contributed by atoms with Crippen LogP contribution in [0.25, 0.3) is 0 Å². The maximum absolute atomic E-state index is 12.1. The van der Waals surface area contributed by atoms with Gasteiger partial charge in [0, 0.05) is 19.3 Å². The Balaban J connectivity index is 2.21. The van der Waals surface area contributed by atoms with Crippen molar-refractivity contribution in [3.8, 4) is 0 Å². The molecule has 0 heterocycles. The Hall–Kier alpha value is -0.650. The Labute approximate surface area is 128 Å². The number of esters is 1. The summed E-state index contributed by atoms with van der Waals surface area (Å²) in [5, 5.41) is 3.38. The van der Waals surface area contributed by atoms with Gasteiger partial charge in [0.25, 0.3) is 0 Å². The number of rotatable bonds is 12. The van der Waals surface area contributed by atoms with E-state index in [-0.39, 0.29) is 5.97 Å². The summed E-state index contributed by atoms with van der Waals surface area (Å²) in [4.78, 5) is 12.1. The summed E-state index contributed by atoms with van der Waals surface area (Å²) < 4.78 is 16.2. The molecular weight excluding hydrogens is 270 g/mol. The van der Waals surface area contributed by atoms with Gasteiger partial charge in [0.2, 0.25) is 0 Å². The number of carbonyl (C=O) groups excluding carboxylic acids is 1. The van der Waals surface area contributed by atoms with E-state index in [0.29, 0.717) is 44.8 Å². The fraction of sp³-hybridized carbons (Fsp3) is 0.938. The minimum absolute atomic E-state index is 0.184. The predicted octanol–water partition coefficient (Wildman–Crippen LogP) is 2.14. The summed E-state index contributed by atoms with van der Waals surface area (Å²) in [5.74, 6) is 0.358. The Morgan fingerprint density at radius 1 is 1.24 bits per heavy atom. The van der Waals surface area contributed by atoms with Gasteiger partial charge in [0.05, 0.1) is 19.8 Å². The Morgan fingerprint density at radius 2 is 1.90 bits per heavy atom. The highest BCUT2D eigenvalue weighted by Gasteiger charge is 2.39.